The number of aryl methyl sites for hydroxylation is 1. The topological polar surface area (TPSA) is 43.4 Å². The molecular weight excluding hydrogens is 284 g/mol. The van der Waals surface area contributed by atoms with Gasteiger partial charge in [0.05, 0.1) is 17.8 Å². The molecule has 0 spiro atoms. The highest BCUT2D eigenvalue weighted by molar-refractivity contribution is 7.09. The monoisotopic (exact) mass is 306 g/mol. The van der Waals surface area contributed by atoms with Crippen molar-refractivity contribution >= 4 is 11.3 Å². The highest BCUT2D eigenvalue weighted by Gasteiger charge is 2.07. The van der Waals surface area contributed by atoms with Crippen molar-refractivity contribution in [2.24, 2.45) is 0 Å². The molecule has 21 heavy (non-hydrogen) atoms. The van der Waals surface area contributed by atoms with Crippen molar-refractivity contribution in [1.82, 2.24) is 10.3 Å². The molecule has 1 aromatic carbocycles. The van der Waals surface area contributed by atoms with Gasteiger partial charge in [-0.3, -0.25) is 0 Å². The Balaban J connectivity index is 2.02. The largest absolute Gasteiger partial charge is 0.493 e. The van der Waals surface area contributed by atoms with Gasteiger partial charge in [0, 0.05) is 11.9 Å². The fraction of sp³-hybridized carbons (Fsp3) is 0.438. The van der Waals surface area contributed by atoms with E-state index in [0.29, 0.717) is 6.61 Å². The highest BCUT2D eigenvalue weighted by atomic mass is 32.1. The van der Waals surface area contributed by atoms with Crippen LogP contribution < -0.4 is 14.8 Å². The van der Waals surface area contributed by atoms with E-state index in [1.807, 2.05) is 24.4 Å². The maximum atomic E-state index is 5.87. The molecule has 0 amide bonds. The molecule has 0 saturated heterocycles. The third-order valence-electron chi connectivity index (χ3n) is 3.03. The van der Waals surface area contributed by atoms with E-state index in [4.69, 9.17) is 9.47 Å². The molecule has 1 N–H and O–H groups in total. The number of hydrogen-bond acceptors (Lipinski definition) is 5. The molecule has 1 aromatic heterocycles. The molecule has 114 valence electrons. The number of nitrogens with zero attached hydrogens (tertiary/aromatic N) is 1. The van der Waals surface area contributed by atoms with Crippen LogP contribution in [-0.4, -0.2) is 18.6 Å². The maximum absolute atomic E-state index is 5.87. The lowest BCUT2D eigenvalue weighted by atomic mass is 10.2. The lowest BCUT2D eigenvalue weighted by molar-refractivity contribution is 0.281. The minimum absolute atomic E-state index is 0.465. The van der Waals surface area contributed by atoms with Crippen LogP contribution in [0.25, 0.3) is 0 Å². The Morgan fingerprint density at radius 3 is 2.81 bits per heavy atom. The molecular formula is C16H22N2O2S. The summed E-state index contributed by atoms with van der Waals surface area (Å²) in [6.07, 6.45) is 1.13. The summed E-state index contributed by atoms with van der Waals surface area (Å²) in [5.41, 5.74) is 2.14. The van der Waals surface area contributed by atoms with Crippen molar-refractivity contribution in [2.45, 2.75) is 33.4 Å². The summed E-state index contributed by atoms with van der Waals surface area (Å²) >= 11 is 1.63. The van der Waals surface area contributed by atoms with Crippen molar-refractivity contribution in [1.29, 1.82) is 0 Å². The summed E-state index contributed by atoms with van der Waals surface area (Å²) in [6.45, 7) is 6.47. The summed E-state index contributed by atoms with van der Waals surface area (Å²) < 4.78 is 11.2. The first-order valence-corrected chi connectivity index (χ1v) is 8.02. The molecule has 4 nitrogen and oxygen atoms in total. The van der Waals surface area contributed by atoms with Crippen molar-refractivity contribution in [2.75, 3.05) is 13.7 Å². The Hall–Kier alpha value is -1.59. The number of thiazole rings is 1. The molecule has 1 heterocycles. The predicted molar refractivity (Wildman–Crippen MR) is 86.2 cm³/mol. The van der Waals surface area contributed by atoms with Crippen molar-refractivity contribution in [3.63, 3.8) is 0 Å². The van der Waals surface area contributed by atoms with Crippen LogP contribution in [0, 0.1) is 6.92 Å². The van der Waals surface area contributed by atoms with E-state index < -0.39 is 0 Å². The van der Waals surface area contributed by atoms with Gasteiger partial charge < -0.3 is 14.8 Å². The van der Waals surface area contributed by atoms with Crippen LogP contribution in [0.2, 0.25) is 0 Å². The number of methoxy groups -OCH3 is 1. The van der Waals surface area contributed by atoms with Crippen LogP contribution in [0.5, 0.6) is 11.5 Å². The van der Waals surface area contributed by atoms with E-state index in [2.05, 4.69) is 23.3 Å². The lowest BCUT2D eigenvalue weighted by Gasteiger charge is -2.12. The molecule has 0 aliphatic rings. The van der Waals surface area contributed by atoms with Gasteiger partial charge >= 0.3 is 0 Å². The first kappa shape index (κ1) is 15.8. The summed E-state index contributed by atoms with van der Waals surface area (Å²) in [6, 6.07) is 6.03. The number of hydrogen-bond donors (Lipinski definition) is 1. The van der Waals surface area contributed by atoms with Crippen LogP contribution >= 0.6 is 11.3 Å². The Kier molecular flexibility index (Phi) is 6.02. The second-order valence-corrected chi connectivity index (χ2v) is 5.87. The molecule has 0 aliphatic carbocycles. The highest BCUT2D eigenvalue weighted by Crippen LogP contribution is 2.29. The van der Waals surface area contributed by atoms with E-state index in [1.165, 1.54) is 5.56 Å². The van der Waals surface area contributed by atoms with E-state index in [9.17, 15) is 0 Å². The Morgan fingerprint density at radius 2 is 2.14 bits per heavy atom. The zero-order valence-electron chi connectivity index (χ0n) is 12.8. The van der Waals surface area contributed by atoms with Gasteiger partial charge in [-0.2, -0.15) is 0 Å². The number of ether oxygens (including phenoxy) is 2. The van der Waals surface area contributed by atoms with Crippen LogP contribution in [0.4, 0.5) is 0 Å². The molecule has 2 rings (SSSR count). The van der Waals surface area contributed by atoms with Gasteiger partial charge in [-0.1, -0.05) is 13.0 Å². The summed E-state index contributed by atoms with van der Waals surface area (Å²) in [5.74, 6) is 1.51. The molecule has 0 unspecified atom stereocenters. The van der Waals surface area contributed by atoms with E-state index in [1.54, 1.807) is 18.4 Å². The van der Waals surface area contributed by atoms with Gasteiger partial charge in [0.25, 0.3) is 0 Å². The molecule has 5 heteroatoms. The Bertz CT molecular complexity index is 569. The first-order chi connectivity index (χ1) is 10.2. The molecule has 0 radical (unpaired) electrons. The third kappa shape index (κ3) is 4.72. The maximum Gasteiger partial charge on any atom is 0.162 e. The van der Waals surface area contributed by atoms with Gasteiger partial charge in [-0.05, 0) is 37.6 Å². The van der Waals surface area contributed by atoms with E-state index in [0.717, 1.165) is 41.7 Å². The van der Waals surface area contributed by atoms with Crippen molar-refractivity contribution in [3.05, 3.63) is 39.8 Å². The fourth-order valence-electron chi connectivity index (χ4n) is 1.98. The second kappa shape index (κ2) is 8.00. The van der Waals surface area contributed by atoms with Crippen molar-refractivity contribution in [3.8, 4) is 11.5 Å². The molecule has 0 fully saturated rings. The lowest BCUT2D eigenvalue weighted by Crippen LogP contribution is -2.13. The van der Waals surface area contributed by atoms with Gasteiger partial charge in [-0.15, -0.1) is 11.3 Å². The number of rotatable bonds is 8. The summed E-state index contributed by atoms with van der Waals surface area (Å²) in [4.78, 5) is 4.40. The molecule has 0 bridgehead atoms. The minimum atomic E-state index is 0.465. The second-order valence-electron chi connectivity index (χ2n) is 4.81. The first-order valence-electron chi connectivity index (χ1n) is 7.14. The average Bonchev–Trinajstić information content (AvgIpc) is 2.91. The van der Waals surface area contributed by atoms with E-state index >= 15 is 0 Å². The zero-order valence-corrected chi connectivity index (χ0v) is 13.6. The Labute approximate surface area is 130 Å². The summed E-state index contributed by atoms with van der Waals surface area (Å²) in [7, 11) is 1.66. The molecule has 2 aromatic rings. The SMILES string of the molecule is CCCNCc1ccc(OC)c(OCc2csc(C)n2)c1. The smallest absolute Gasteiger partial charge is 0.162 e. The summed E-state index contributed by atoms with van der Waals surface area (Å²) in [5, 5.41) is 6.46. The van der Waals surface area contributed by atoms with Gasteiger partial charge in [-0.25, -0.2) is 4.98 Å². The number of benzene rings is 1. The Morgan fingerprint density at radius 1 is 1.29 bits per heavy atom. The van der Waals surface area contributed by atoms with Crippen LogP contribution in [0.1, 0.15) is 29.6 Å². The number of nitrogens with one attached hydrogen (secondary N) is 1. The minimum Gasteiger partial charge on any atom is -0.493 e. The molecule has 0 saturated carbocycles. The quantitative estimate of drug-likeness (QED) is 0.758. The van der Waals surface area contributed by atoms with Gasteiger partial charge in [0.15, 0.2) is 11.5 Å². The average molecular weight is 306 g/mol. The fourth-order valence-corrected chi connectivity index (χ4v) is 2.58. The molecule has 0 aliphatic heterocycles. The number of aromatic nitrogens is 1. The van der Waals surface area contributed by atoms with Crippen LogP contribution in [0.3, 0.4) is 0 Å². The van der Waals surface area contributed by atoms with Crippen LogP contribution in [0.15, 0.2) is 23.6 Å². The predicted octanol–water partition coefficient (Wildman–Crippen LogP) is 3.54. The standard InChI is InChI=1S/C16H22N2O2S/c1-4-7-17-9-13-5-6-15(19-3)16(8-13)20-10-14-11-21-12(2)18-14/h5-6,8,11,17H,4,7,9-10H2,1-3H3. The zero-order chi connectivity index (χ0) is 15.1. The third-order valence-corrected chi connectivity index (χ3v) is 3.85. The van der Waals surface area contributed by atoms with Crippen molar-refractivity contribution < 1.29 is 9.47 Å². The van der Waals surface area contributed by atoms with Gasteiger partial charge in [0.2, 0.25) is 0 Å². The molecule has 0 atom stereocenters. The normalized spacial score (nSPS) is 10.6. The van der Waals surface area contributed by atoms with Gasteiger partial charge in [0.1, 0.15) is 6.61 Å². The van der Waals surface area contributed by atoms with Crippen LogP contribution in [-0.2, 0) is 13.2 Å². The van der Waals surface area contributed by atoms with E-state index in [-0.39, 0.29) is 0 Å².